The highest BCUT2D eigenvalue weighted by Gasteiger charge is 1.99. The lowest BCUT2D eigenvalue weighted by Crippen LogP contribution is -1.95. The summed E-state index contributed by atoms with van der Waals surface area (Å²) in [5.41, 5.74) is 9.16. The van der Waals surface area contributed by atoms with Gasteiger partial charge in [0.15, 0.2) is 0 Å². The second-order valence-electron chi connectivity index (χ2n) is 3.86. The van der Waals surface area contributed by atoms with Gasteiger partial charge in [-0.25, -0.2) is 0 Å². The smallest absolute Gasteiger partial charge is 0.119 e. The fraction of sp³-hybridized carbons (Fsp3) is 0.200. The molecule has 0 unspecified atom stereocenters. The molecule has 2 aromatic carbocycles. The summed E-state index contributed by atoms with van der Waals surface area (Å²) in [5.74, 6) is 0.909. The minimum absolute atomic E-state index is 0.574. The zero-order chi connectivity index (χ0) is 12.1. The highest BCUT2D eigenvalue weighted by atomic mass is 16.5. The molecule has 88 valence electrons. The first-order valence-electron chi connectivity index (χ1n) is 5.85. The Bertz CT molecular complexity index is 477. The molecule has 2 rings (SSSR count). The molecule has 0 aliphatic heterocycles. The second-order valence-corrected chi connectivity index (χ2v) is 3.86. The molecule has 0 aromatic heterocycles. The molecule has 17 heavy (non-hydrogen) atoms. The largest absolute Gasteiger partial charge is 0.494 e. The minimum atomic E-state index is 0.574. The van der Waals surface area contributed by atoms with Crippen LogP contribution in [0.1, 0.15) is 12.5 Å². The van der Waals surface area contributed by atoms with Gasteiger partial charge in [-0.3, -0.25) is 0 Å². The van der Waals surface area contributed by atoms with Crippen molar-refractivity contribution >= 4 is 0 Å². The van der Waals surface area contributed by atoms with Crippen molar-refractivity contribution < 1.29 is 4.74 Å². The zero-order valence-electron chi connectivity index (χ0n) is 10.0. The van der Waals surface area contributed by atoms with Crippen molar-refractivity contribution in [3.05, 3.63) is 54.1 Å². The van der Waals surface area contributed by atoms with Crippen LogP contribution in [0, 0.1) is 0 Å². The van der Waals surface area contributed by atoms with Crippen molar-refractivity contribution in [2.45, 2.75) is 13.5 Å². The van der Waals surface area contributed by atoms with Crippen LogP contribution in [0.15, 0.2) is 48.5 Å². The van der Waals surface area contributed by atoms with Gasteiger partial charge in [-0.2, -0.15) is 0 Å². The predicted molar refractivity (Wildman–Crippen MR) is 70.9 cm³/mol. The van der Waals surface area contributed by atoms with Crippen molar-refractivity contribution in [1.82, 2.24) is 0 Å². The Morgan fingerprint density at radius 1 is 1.00 bits per heavy atom. The average molecular weight is 227 g/mol. The van der Waals surface area contributed by atoms with Crippen molar-refractivity contribution in [3.63, 3.8) is 0 Å². The highest BCUT2D eigenvalue weighted by molar-refractivity contribution is 5.64. The molecule has 0 aliphatic carbocycles. The average Bonchev–Trinajstić information content (AvgIpc) is 2.40. The van der Waals surface area contributed by atoms with Crippen LogP contribution in [0.5, 0.6) is 5.75 Å². The van der Waals surface area contributed by atoms with Gasteiger partial charge >= 0.3 is 0 Å². The van der Waals surface area contributed by atoms with Gasteiger partial charge in [0.05, 0.1) is 6.61 Å². The Hall–Kier alpha value is -1.80. The first-order chi connectivity index (χ1) is 8.33. The zero-order valence-corrected chi connectivity index (χ0v) is 10.0. The predicted octanol–water partition coefficient (Wildman–Crippen LogP) is 3.21. The maximum atomic E-state index is 5.64. The normalized spacial score (nSPS) is 10.2. The molecule has 2 N–H and O–H groups in total. The van der Waals surface area contributed by atoms with Gasteiger partial charge in [0.25, 0.3) is 0 Å². The van der Waals surface area contributed by atoms with E-state index in [-0.39, 0.29) is 0 Å². The molecular weight excluding hydrogens is 210 g/mol. The summed E-state index contributed by atoms with van der Waals surface area (Å²) in [6, 6.07) is 16.4. The summed E-state index contributed by atoms with van der Waals surface area (Å²) in [6.07, 6.45) is 0. The van der Waals surface area contributed by atoms with E-state index in [1.165, 1.54) is 11.1 Å². The van der Waals surface area contributed by atoms with Crippen LogP contribution in [0.3, 0.4) is 0 Å². The molecule has 0 radical (unpaired) electrons. The Morgan fingerprint density at radius 2 is 1.76 bits per heavy atom. The molecule has 0 aliphatic rings. The summed E-state index contributed by atoms with van der Waals surface area (Å²) in [4.78, 5) is 0. The topological polar surface area (TPSA) is 35.2 Å². The van der Waals surface area contributed by atoms with Gasteiger partial charge in [-0.1, -0.05) is 30.3 Å². The van der Waals surface area contributed by atoms with Gasteiger partial charge in [-0.15, -0.1) is 0 Å². The summed E-state index contributed by atoms with van der Waals surface area (Å²) >= 11 is 0. The SMILES string of the molecule is CCOc1ccc(-c2cccc(CN)c2)cc1. The van der Waals surface area contributed by atoms with Crippen LogP contribution in [-0.4, -0.2) is 6.61 Å². The molecule has 0 heterocycles. The van der Waals surface area contributed by atoms with Crippen molar-refractivity contribution in [1.29, 1.82) is 0 Å². The van der Waals surface area contributed by atoms with Crippen LogP contribution >= 0.6 is 0 Å². The fourth-order valence-electron chi connectivity index (χ4n) is 1.79. The summed E-state index contributed by atoms with van der Waals surface area (Å²) in [5, 5.41) is 0. The molecule has 2 heteroatoms. The molecule has 0 spiro atoms. The Balaban J connectivity index is 2.26. The van der Waals surface area contributed by atoms with E-state index < -0.39 is 0 Å². The number of ether oxygens (including phenoxy) is 1. The van der Waals surface area contributed by atoms with Crippen LogP contribution < -0.4 is 10.5 Å². The molecule has 2 aromatic rings. The van der Waals surface area contributed by atoms with Crippen molar-refractivity contribution in [3.8, 4) is 16.9 Å². The fourth-order valence-corrected chi connectivity index (χ4v) is 1.79. The molecule has 2 nitrogen and oxygen atoms in total. The van der Waals surface area contributed by atoms with E-state index >= 15 is 0 Å². The number of nitrogens with two attached hydrogens (primary N) is 1. The van der Waals surface area contributed by atoms with E-state index in [9.17, 15) is 0 Å². The summed E-state index contributed by atoms with van der Waals surface area (Å²) in [7, 11) is 0. The molecular formula is C15H17NO. The lowest BCUT2D eigenvalue weighted by Gasteiger charge is -2.06. The van der Waals surface area contributed by atoms with Gasteiger partial charge in [0.2, 0.25) is 0 Å². The quantitative estimate of drug-likeness (QED) is 0.870. The molecule has 0 saturated carbocycles. The van der Waals surface area contributed by atoms with Crippen molar-refractivity contribution in [2.24, 2.45) is 5.73 Å². The lowest BCUT2D eigenvalue weighted by atomic mass is 10.0. The first-order valence-corrected chi connectivity index (χ1v) is 5.85. The Kier molecular flexibility index (Phi) is 3.78. The Labute approximate surface area is 102 Å². The molecule has 0 fully saturated rings. The van der Waals surface area contributed by atoms with Gasteiger partial charge in [-0.05, 0) is 41.8 Å². The van der Waals surface area contributed by atoms with Gasteiger partial charge in [0, 0.05) is 6.54 Å². The summed E-state index contributed by atoms with van der Waals surface area (Å²) < 4.78 is 5.42. The van der Waals surface area contributed by atoms with E-state index in [0.717, 1.165) is 11.3 Å². The molecule has 0 amide bonds. The van der Waals surface area contributed by atoms with E-state index in [2.05, 4.69) is 24.3 Å². The van der Waals surface area contributed by atoms with E-state index in [4.69, 9.17) is 10.5 Å². The second kappa shape index (κ2) is 5.51. The maximum absolute atomic E-state index is 5.64. The van der Waals surface area contributed by atoms with E-state index in [1.54, 1.807) is 0 Å². The molecule has 0 bridgehead atoms. The third kappa shape index (κ3) is 2.86. The van der Waals surface area contributed by atoms with Crippen LogP contribution in [0.25, 0.3) is 11.1 Å². The molecule has 0 saturated heterocycles. The van der Waals surface area contributed by atoms with Gasteiger partial charge in [0.1, 0.15) is 5.75 Å². The number of hydrogen-bond acceptors (Lipinski definition) is 2. The van der Waals surface area contributed by atoms with Crippen LogP contribution in [-0.2, 0) is 6.54 Å². The van der Waals surface area contributed by atoms with Crippen LogP contribution in [0.4, 0.5) is 0 Å². The van der Waals surface area contributed by atoms with E-state index in [1.807, 2.05) is 31.2 Å². The maximum Gasteiger partial charge on any atom is 0.119 e. The molecule has 0 atom stereocenters. The number of benzene rings is 2. The Morgan fingerprint density at radius 3 is 2.41 bits per heavy atom. The highest BCUT2D eigenvalue weighted by Crippen LogP contribution is 2.23. The number of hydrogen-bond donors (Lipinski definition) is 1. The first kappa shape index (κ1) is 11.7. The lowest BCUT2D eigenvalue weighted by molar-refractivity contribution is 0.340. The minimum Gasteiger partial charge on any atom is -0.494 e. The van der Waals surface area contributed by atoms with Crippen LogP contribution in [0.2, 0.25) is 0 Å². The third-order valence-electron chi connectivity index (χ3n) is 2.66. The van der Waals surface area contributed by atoms with E-state index in [0.29, 0.717) is 13.2 Å². The summed E-state index contributed by atoms with van der Waals surface area (Å²) in [6.45, 7) is 3.26. The van der Waals surface area contributed by atoms with Gasteiger partial charge < -0.3 is 10.5 Å². The number of rotatable bonds is 4. The monoisotopic (exact) mass is 227 g/mol. The third-order valence-corrected chi connectivity index (χ3v) is 2.66. The standard InChI is InChI=1S/C15H17NO/c1-2-17-15-8-6-13(7-9-15)14-5-3-4-12(10-14)11-16/h3-10H,2,11,16H2,1H3. The van der Waals surface area contributed by atoms with Crippen molar-refractivity contribution in [2.75, 3.05) is 6.61 Å².